The number of carbonyl (C=O) groups excluding carboxylic acids is 1. The molecule has 1 amide bonds. The summed E-state index contributed by atoms with van der Waals surface area (Å²) in [4.78, 5) is 28.7. The number of carbonyl (C=O) groups is 2. The Labute approximate surface area is 122 Å². The van der Waals surface area contributed by atoms with Crippen molar-refractivity contribution in [2.24, 2.45) is 5.41 Å². The predicted molar refractivity (Wildman–Crippen MR) is 79.2 cm³/mol. The van der Waals surface area contributed by atoms with Crippen molar-refractivity contribution in [2.75, 3.05) is 13.1 Å². The molecule has 1 aliphatic heterocycles. The molecule has 5 nitrogen and oxygen atoms in total. The van der Waals surface area contributed by atoms with Crippen molar-refractivity contribution in [2.45, 2.75) is 19.8 Å². The van der Waals surface area contributed by atoms with Crippen LogP contribution in [0, 0.1) is 5.41 Å². The first kappa shape index (κ1) is 13.7. The minimum Gasteiger partial charge on any atom is -0.481 e. The van der Waals surface area contributed by atoms with Crippen LogP contribution in [0.2, 0.25) is 0 Å². The number of carboxylic acid groups (broad SMARTS) is 1. The lowest BCUT2D eigenvalue weighted by atomic mass is 9.84. The molecule has 0 spiro atoms. The van der Waals surface area contributed by atoms with E-state index in [1.54, 1.807) is 4.90 Å². The summed E-state index contributed by atoms with van der Waals surface area (Å²) in [6, 6.07) is 9.52. The Morgan fingerprint density at radius 3 is 2.76 bits per heavy atom. The average molecular weight is 286 g/mol. The zero-order valence-electron chi connectivity index (χ0n) is 11.9. The van der Waals surface area contributed by atoms with Crippen molar-refractivity contribution < 1.29 is 14.7 Å². The summed E-state index contributed by atoms with van der Waals surface area (Å²) in [6.07, 6.45) is 1.06. The Hall–Kier alpha value is -2.30. The Kier molecular flexibility index (Phi) is 3.20. The highest BCUT2D eigenvalue weighted by Gasteiger charge is 2.45. The maximum atomic E-state index is 12.5. The Balaban J connectivity index is 1.85. The molecule has 1 atom stereocenters. The van der Waals surface area contributed by atoms with Crippen LogP contribution in [0.1, 0.15) is 30.3 Å². The van der Waals surface area contributed by atoms with Gasteiger partial charge in [-0.05, 0) is 25.0 Å². The molecule has 2 heterocycles. The van der Waals surface area contributed by atoms with Gasteiger partial charge in [0, 0.05) is 24.0 Å². The lowest BCUT2D eigenvalue weighted by molar-refractivity contribution is -0.148. The molecular weight excluding hydrogens is 268 g/mol. The third-order valence-corrected chi connectivity index (χ3v) is 4.53. The largest absolute Gasteiger partial charge is 0.481 e. The molecule has 3 rings (SSSR count). The molecule has 1 unspecified atom stereocenters. The summed E-state index contributed by atoms with van der Waals surface area (Å²) in [5, 5.41) is 10.4. The van der Waals surface area contributed by atoms with E-state index in [1.807, 2.05) is 37.3 Å². The number of para-hydroxylation sites is 1. The summed E-state index contributed by atoms with van der Waals surface area (Å²) >= 11 is 0. The van der Waals surface area contributed by atoms with Crippen molar-refractivity contribution >= 4 is 22.8 Å². The number of nitrogens with one attached hydrogen (secondary N) is 1. The van der Waals surface area contributed by atoms with Crippen LogP contribution in [0.25, 0.3) is 10.9 Å². The third kappa shape index (κ3) is 2.18. The van der Waals surface area contributed by atoms with Crippen LogP contribution >= 0.6 is 0 Å². The van der Waals surface area contributed by atoms with E-state index in [2.05, 4.69) is 4.98 Å². The highest BCUT2D eigenvalue weighted by molar-refractivity contribution is 5.98. The molecule has 1 saturated heterocycles. The average Bonchev–Trinajstić information content (AvgIpc) is 3.11. The van der Waals surface area contributed by atoms with Gasteiger partial charge in [-0.2, -0.15) is 0 Å². The van der Waals surface area contributed by atoms with Gasteiger partial charge in [0.25, 0.3) is 5.91 Å². The molecular formula is C16H18N2O3. The second-order valence-corrected chi connectivity index (χ2v) is 5.69. The van der Waals surface area contributed by atoms with E-state index in [9.17, 15) is 14.7 Å². The van der Waals surface area contributed by atoms with Crippen LogP contribution in [0.3, 0.4) is 0 Å². The van der Waals surface area contributed by atoms with Crippen LogP contribution < -0.4 is 0 Å². The van der Waals surface area contributed by atoms with E-state index in [1.165, 1.54) is 0 Å². The van der Waals surface area contributed by atoms with Gasteiger partial charge in [0.1, 0.15) is 5.69 Å². The highest BCUT2D eigenvalue weighted by Crippen LogP contribution is 2.35. The first-order chi connectivity index (χ1) is 10.1. The molecule has 1 aromatic carbocycles. The summed E-state index contributed by atoms with van der Waals surface area (Å²) in [5.41, 5.74) is 0.648. The minimum atomic E-state index is -0.808. The number of aromatic amines is 1. The number of hydrogen-bond acceptors (Lipinski definition) is 2. The fourth-order valence-corrected chi connectivity index (χ4v) is 3.02. The first-order valence-electron chi connectivity index (χ1n) is 7.16. The number of nitrogens with zero attached hydrogens (tertiary/aromatic N) is 1. The zero-order chi connectivity index (χ0) is 15.0. The van der Waals surface area contributed by atoms with E-state index in [0.717, 1.165) is 10.9 Å². The first-order valence-corrected chi connectivity index (χ1v) is 7.16. The number of benzene rings is 1. The maximum absolute atomic E-state index is 12.5. The molecule has 0 bridgehead atoms. The third-order valence-electron chi connectivity index (χ3n) is 4.53. The SMILES string of the molecule is CCC1(C(=O)O)CCN(C(=O)c2cc3ccccc3[nH]2)C1. The molecule has 1 aliphatic rings. The monoisotopic (exact) mass is 286 g/mol. The van der Waals surface area contributed by atoms with Gasteiger partial charge in [0.05, 0.1) is 5.41 Å². The zero-order valence-corrected chi connectivity index (χ0v) is 11.9. The Morgan fingerprint density at radius 2 is 2.14 bits per heavy atom. The van der Waals surface area contributed by atoms with Gasteiger partial charge in [-0.15, -0.1) is 0 Å². The smallest absolute Gasteiger partial charge is 0.311 e. The number of H-pyrrole nitrogens is 1. The number of hydrogen-bond donors (Lipinski definition) is 2. The number of fused-ring (bicyclic) bond motifs is 1. The summed E-state index contributed by atoms with van der Waals surface area (Å²) in [5.74, 6) is -0.931. The van der Waals surface area contributed by atoms with E-state index in [-0.39, 0.29) is 12.5 Å². The van der Waals surface area contributed by atoms with Crippen molar-refractivity contribution in [1.82, 2.24) is 9.88 Å². The lowest BCUT2D eigenvalue weighted by Crippen LogP contribution is -2.36. The van der Waals surface area contributed by atoms with Gasteiger partial charge >= 0.3 is 5.97 Å². The van der Waals surface area contributed by atoms with E-state index in [4.69, 9.17) is 0 Å². The topological polar surface area (TPSA) is 73.4 Å². The van der Waals surface area contributed by atoms with Gasteiger partial charge in [0.2, 0.25) is 0 Å². The molecule has 0 aliphatic carbocycles. The quantitative estimate of drug-likeness (QED) is 0.910. The predicted octanol–water partition coefficient (Wildman–Crippen LogP) is 2.49. The van der Waals surface area contributed by atoms with E-state index in [0.29, 0.717) is 25.1 Å². The number of likely N-dealkylation sites (tertiary alicyclic amines) is 1. The highest BCUT2D eigenvalue weighted by atomic mass is 16.4. The van der Waals surface area contributed by atoms with Crippen LogP contribution in [0.5, 0.6) is 0 Å². The minimum absolute atomic E-state index is 0.122. The van der Waals surface area contributed by atoms with Crippen LogP contribution in [0.4, 0.5) is 0 Å². The summed E-state index contributed by atoms with van der Waals surface area (Å²) in [6.45, 7) is 2.65. The van der Waals surface area contributed by atoms with Gasteiger partial charge in [-0.3, -0.25) is 9.59 Å². The van der Waals surface area contributed by atoms with Gasteiger partial charge in [0.15, 0.2) is 0 Å². The fourth-order valence-electron chi connectivity index (χ4n) is 3.02. The lowest BCUT2D eigenvalue weighted by Gasteiger charge is -2.22. The molecule has 1 aromatic heterocycles. The Morgan fingerprint density at radius 1 is 1.38 bits per heavy atom. The molecule has 21 heavy (non-hydrogen) atoms. The molecule has 5 heteroatoms. The van der Waals surface area contributed by atoms with Crippen molar-refractivity contribution in [1.29, 1.82) is 0 Å². The number of aromatic nitrogens is 1. The number of aliphatic carboxylic acids is 1. The molecule has 0 radical (unpaired) electrons. The van der Waals surface area contributed by atoms with Crippen molar-refractivity contribution in [3.8, 4) is 0 Å². The molecule has 0 saturated carbocycles. The van der Waals surface area contributed by atoms with Crippen LogP contribution in [-0.4, -0.2) is 40.0 Å². The fraction of sp³-hybridized carbons (Fsp3) is 0.375. The van der Waals surface area contributed by atoms with Gasteiger partial charge < -0.3 is 15.0 Å². The second-order valence-electron chi connectivity index (χ2n) is 5.69. The number of rotatable bonds is 3. The number of carboxylic acids is 1. The standard InChI is InChI=1S/C16H18N2O3/c1-2-16(15(20)21)7-8-18(10-16)14(19)13-9-11-5-3-4-6-12(11)17-13/h3-6,9,17H,2,7-8,10H2,1H3,(H,20,21). The Bertz CT molecular complexity index is 673. The molecule has 1 fully saturated rings. The summed E-state index contributed by atoms with van der Waals surface area (Å²) < 4.78 is 0. The number of amides is 1. The maximum Gasteiger partial charge on any atom is 0.311 e. The van der Waals surface area contributed by atoms with Crippen LogP contribution in [-0.2, 0) is 4.79 Å². The summed E-state index contributed by atoms with van der Waals surface area (Å²) in [7, 11) is 0. The second kappa shape index (κ2) is 4.91. The molecule has 2 N–H and O–H groups in total. The molecule has 110 valence electrons. The van der Waals surface area contributed by atoms with Gasteiger partial charge in [-0.1, -0.05) is 25.1 Å². The van der Waals surface area contributed by atoms with E-state index >= 15 is 0 Å². The van der Waals surface area contributed by atoms with Crippen LogP contribution in [0.15, 0.2) is 30.3 Å². The van der Waals surface area contributed by atoms with Gasteiger partial charge in [-0.25, -0.2) is 0 Å². The van der Waals surface area contributed by atoms with E-state index < -0.39 is 11.4 Å². The van der Waals surface area contributed by atoms with Crippen molar-refractivity contribution in [3.63, 3.8) is 0 Å². The van der Waals surface area contributed by atoms with Crippen molar-refractivity contribution in [3.05, 3.63) is 36.0 Å². The molecule has 2 aromatic rings. The normalized spacial score (nSPS) is 21.9.